The average Bonchev–Trinajstić information content (AvgIpc) is 2.52. The van der Waals surface area contributed by atoms with Gasteiger partial charge in [0.05, 0.1) is 6.61 Å². The van der Waals surface area contributed by atoms with Crippen LogP contribution >= 0.6 is 0 Å². The highest BCUT2D eigenvalue weighted by Crippen LogP contribution is 2.18. The van der Waals surface area contributed by atoms with E-state index in [0.29, 0.717) is 25.4 Å². The van der Waals surface area contributed by atoms with Gasteiger partial charge in [-0.15, -0.1) is 0 Å². The van der Waals surface area contributed by atoms with Crippen molar-refractivity contribution < 1.29 is 19.4 Å². The van der Waals surface area contributed by atoms with Crippen LogP contribution in [0.4, 0.5) is 0 Å². The quantitative estimate of drug-likeness (QED) is 0.307. The second kappa shape index (κ2) is 15.8. The number of ether oxygens (including phenoxy) is 1. The molecular weight excluding hydrogens is 292 g/mol. The van der Waals surface area contributed by atoms with Gasteiger partial charge < -0.3 is 9.84 Å². The highest BCUT2D eigenvalue weighted by Gasteiger charge is 2.12. The van der Waals surface area contributed by atoms with E-state index in [1.165, 1.54) is 38.5 Å². The summed E-state index contributed by atoms with van der Waals surface area (Å²) in [6.07, 6.45) is 12.5. The van der Waals surface area contributed by atoms with Gasteiger partial charge in [-0.25, -0.2) is 0 Å². The third-order valence-electron chi connectivity index (χ3n) is 4.18. The smallest absolute Gasteiger partial charge is 0.305 e. The van der Waals surface area contributed by atoms with Crippen molar-refractivity contribution in [1.29, 1.82) is 0 Å². The molecule has 0 aromatic carbocycles. The van der Waals surface area contributed by atoms with Gasteiger partial charge in [-0.2, -0.15) is 0 Å². The molecule has 0 aromatic rings. The molecule has 1 atom stereocenters. The standard InChI is InChI=1S/C19H36O4/c1-3-5-7-9-13-17(12-6-4-2)16-23-19(22)15-11-8-10-14-18(20)21/h17H,3-16H2,1-2H3,(H,20,21). The Bertz CT molecular complexity index is 302. The van der Waals surface area contributed by atoms with Gasteiger partial charge in [0.25, 0.3) is 0 Å². The molecule has 0 aliphatic heterocycles. The molecule has 0 bridgehead atoms. The van der Waals surface area contributed by atoms with Crippen molar-refractivity contribution in [2.24, 2.45) is 5.92 Å². The van der Waals surface area contributed by atoms with E-state index in [1.807, 2.05) is 0 Å². The number of aliphatic carboxylic acids is 1. The zero-order valence-corrected chi connectivity index (χ0v) is 15.1. The fourth-order valence-corrected chi connectivity index (χ4v) is 2.67. The van der Waals surface area contributed by atoms with Gasteiger partial charge in [0.1, 0.15) is 0 Å². The van der Waals surface area contributed by atoms with Crippen LogP contribution < -0.4 is 0 Å². The van der Waals surface area contributed by atoms with Gasteiger partial charge in [0, 0.05) is 12.8 Å². The molecule has 0 rings (SSSR count). The topological polar surface area (TPSA) is 63.6 Å². The van der Waals surface area contributed by atoms with Gasteiger partial charge >= 0.3 is 11.9 Å². The van der Waals surface area contributed by atoms with Gasteiger partial charge in [-0.1, -0.05) is 58.8 Å². The van der Waals surface area contributed by atoms with Crippen molar-refractivity contribution in [3.63, 3.8) is 0 Å². The lowest BCUT2D eigenvalue weighted by Crippen LogP contribution is -2.14. The van der Waals surface area contributed by atoms with E-state index in [9.17, 15) is 9.59 Å². The van der Waals surface area contributed by atoms with Crippen LogP contribution in [0.3, 0.4) is 0 Å². The Morgan fingerprint density at radius 3 is 2.09 bits per heavy atom. The van der Waals surface area contributed by atoms with Gasteiger partial charge in [0.2, 0.25) is 0 Å². The number of carboxylic acid groups (broad SMARTS) is 1. The molecule has 136 valence electrons. The van der Waals surface area contributed by atoms with Crippen molar-refractivity contribution in [1.82, 2.24) is 0 Å². The Labute approximate surface area is 142 Å². The summed E-state index contributed by atoms with van der Waals surface area (Å²) >= 11 is 0. The van der Waals surface area contributed by atoms with Crippen molar-refractivity contribution in [3.8, 4) is 0 Å². The van der Waals surface area contributed by atoms with Crippen molar-refractivity contribution in [3.05, 3.63) is 0 Å². The molecule has 0 amide bonds. The Morgan fingerprint density at radius 1 is 0.826 bits per heavy atom. The molecule has 0 saturated heterocycles. The maximum atomic E-state index is 11.8. The molecular formula is C19H36O4. The molecule has 23 heavy (non-hydrogen) atoms. The number of rotatable bonds is 16. The van der Waals surface area contributed by atoms with Crippen LogP contribution in [0.15, 0.2) is 0 Å². The molecule has 1 unspecified atom stereocenters. The Balaban J connectivity index is 3.79. The van der Waals surface area contributed by atoms with Crippen LogP contribution in [0.25, 0.3) is 0 Å². The summed E-state index contributed by atoms with van der Waals surface area (Å²) in [5, 5.41) is 8.55. The molecule has 0 fully saturated rings. The van der Waals surface area contributed by atoms with E-state index in [4.69, 9.17) is 9.84 Å². The number of carboxylic acids is 1. The molecule has 0 saturated carbocycles. The van der Waals surface area contributed by atoms with Gasteiger partial charge in [0.15, 0.2) is 0 Å². The first-order valence-electron chi connectivity index (χ1n) is 9.47. The van der Waals surface area contributed by atoms with Crippen molar-refractivity contribution >= 4 is 11.9 Å². The number of hydrogen-bond donors (Lipinski definition) is 1. The minimum atomic E-state index is -0.769. The normalized spacial score (nSPS) is 12.1. The van der Waals surface area contributed by atoms with Crippen LogP contribution in [0.5, 0.6) is 0 Å². The predicted molar refractivity (Wildman–Crippen MR) is 93.5 cm³/mol. The van der Waals surface area contributed by atoms with Crippen molar-refractivity contribution in [2.45, 2.75) is 97.3 Å². The lowest BCUT2D eigenvalue weighted by Gasteiger charge is -2.16. The molecule has 0 spiro atoms. The maximum absolute atomic E-state index is 11.8. The second-order valence-electron chi connectivity index (χ2n) is 6.50. The molecule has 4 nitrogen and oxygen atoms in total. The summed E-state index contributed by atoms with van der Waals surface area (Å²) in [5.41, 5.74) is 0. The fraction of sp³-hybridized carbons (Fsp3) is 0.895. The van der Waals surface area contributed by atoms with Crippen LogP contribution in [0.2, 0.25) is 0 Å². The fourth-order valence-electron chi connectivity index (χ4n) is 2.67. The Morgan fingerprint density at radius 2 is 1.43 bits per heavy atom. The number of carbonyl (C=O) groups excluding carboxylic acids is 1. The lowest BCUT2D eigenvalue weighted by molar-refractivity contribution is -0.145. The van der Waals surface area contributed by atoms with E-state index in [1.54, 1.807) is 0 Å². The van der Waals surface area contributed by atoms with Crippen LogP contribution in [0.1, 0.15) is 97.3 Å². The molecule has 0 heterocycles. The summed E-state index contributed by atoms with van der Waals surface area (Å²) in [4.78, 5) is 22.2. The summed E-state index contributed by atoms with van der Waals surface area (Å²) in [6, 6.07) is 0. The first-order chi connectivity index (χ1) is 11.1. The first-order valence-corrected chi connectivity index (χ1v) is 9.47. The summed E-state index contributed by atoms with van der Waals surface area (Å²) in [5.74, 6) is -0.396. The van der Waals surface area contributed by atoms with E-state index in [-0.39, 0.29) is 12.4 Å². The van der Waals surface area contributed by atoms with Crippen LogP contribution in [-0.2, 0) is 14.3 Å². The van der Waals surface area contributed by atoms with E-state index >= 15 is 0 Å². The molecule has 1 N–H and O–H groups in total. The maximum Gasteiger partial charge on any atom is 0.305 e. The Kier molecular flexibility index (Phi) is 15.1. The minimum absolute atomic E-state index is 0.129. The molecule has 0 radical (unpaired) electrons. The monoisotopic (exact) mass is 328 g/mol. The summed E-state index contributed by atoms with van der Waals surface area (Å²) < 4.78 is 5.43. The minimum Gasteiger partial charge on any atom is -0.481 e. The van der Waals surface area contributed by atoms with Crippen LogP contribution in [0, 0.1) is 5.92 Å². The van der Waals surface area contributed by atoms with Gasteiger partial charge in [-0.3, -0.25) is 9.59 Å². The third-order valence-corrected chi connectivity index (χ3v) is 4.18. The summed E-state index contributed by atoms with van der Waals surface area (Å²) in [7, 11) is 0. The lowest BCUT2D eigenvalue weighted by atomic mass is 9.96. The second-order valence-corrected chi connectivity index (χ2v) is 6.50. The van der Waals surface area contributed by atoms with E-state index < -0.39 is 5.97 Å². The highest BCUT2D eigenvalue weighted by molar-refractivity contribution is 5.69. The predicted octanol–water partition coefficient (Wildman–Crippen LogP) is 5.34. The third kappa shape index (κ3) is 15.6. The molecule has 0 aliphatic carbocycles. The largest absolute Gasteiger partial charge is 0.481 e. The van der Waals surface area contributed by atoms with E-state index in [0.717, 1.165) is 25.7 Å². The highest BCUT2D eigenvalue weighted by atomic mass is 16.5. The van der Waals surface area contributed by atoms with Crippen LogP contribution in [-0.4, -0.2) is 23.7 Å². The first kappa shape index (κ1) is 21.9. The number of hydrogen-bond acceptors (Lipinski definition) is 3. The zero-order valence-electron chi connectivity index (χ0n) is 15.1. The van der Waals surface area contributed by atoms with Gasteiger partial charge in [-0.05, 0) is 31.6 Å². The zero-order chi connectivity index (χ0) is 17.3. The number of esters is 1. The number of carbonyl (C=O) groups is 2. The number of unbranched alkanes of at least 4 members (excludes halogenated alkanes) is 6. The van der Waals surface area contributed by atoms with Crippen molar-refractivity contribution in [2.75, 3.05) is 6.61 Å². The summed E-state index contributed by atoms with van der Waals surface area (Å²) in [6.45, 7) is 4.96. The Hall–Kier alpha value is -1.06. The average molecular weight is 328 g/mol. The SMILES string of the molecule is CCCCCCC(CCCC)COC(=O)CCCCCC(=O)O. The molecule has 0 aromatic heterocycles. The van der Waals surface area contributed by atoms with E-state index in [2.05, 4.69) is 13.8 Å². The molecule has 0 aliphatic rings. The molecule has 4 heteroatoms.